The topological polar surface area (TPSA) is 127 Å². The van der Waals surface area contributed by atoms with Crippen LogP contribution in [-0.2, 0) is 21.4 Å². The number of aryl methyl sites for hydroxylation is 2. The molecule has 42 heavy (non-hydrogen) atoms. The molecule has 13 heteroatoms. The van der Waals surface area contributed by atoms with Gasteiger partial charge in [0.1, 0.15) is 10.5 Å². The van der Waals surface area contributed by atoms with Gasteiger partial charge >= 0.3 is 5.97 Å². The standard InChI is InChI=1S/C29H29F2N5O5S/c1-16-6-7-19(22(12-24(37)38)21-8-10-36-26(18(21)3)33-34-27(36)25(30)31)11-20(16)14-35-15-29(13-17(29)2)41-28-23(42(35,39)40)5-4-9-32-28/h4-11,17,22,25H,12-15H2,1-3H3,(H,37,38). The normalized spacial score (nSPS) is 22.1. The Kier molecular flexibility index (Phi) is 6.76. The summed E-state index contributed by atoms with van der Waals surface area (Å²) in [6.45, 7) is 5.79. The van der Waals surface area contributed by atoms with Crippen molar-refractivity contribution in [1.29, 1.82) is 0 Å². The number of fused-ring (bicyclic) bond motifs is 2. The van der Waals surface area contributed by atoms with Crippen LogP contribution in [0.25, 0.3) is 5.65 Å². The molecule has 3 atom stereocenters. The summed E-state index contributed by atoms with van der Waals surface area (Å²) in [5, 5.41) is 17.4. The molecule has 1 N–H and O–H groups in total. The van der Waals surface area contributed by atoms with E-state index in [0.29, 0.717) is 28.7 Å². The molecule has 1 fully saturated rings. The van der Waals surface area contributed by atoms with Crippen molar-refractivity contribution < 1.29 is 31.8 Å². The van der Waals surface area contributed by atoms with Crippen molar-refractivity contribution in [2.24, 2.45) is 5.92 Å². The third-order valence-electron chi connectivity index (χ3n) is 8.45. The highest BCUT2D eigenvalue weighted by atomic mass is 32.2. The first-order valence-electron chi connectivity index (χ1n) is 13.5. The third kappa shape index (κ3) is 4.70. The number of aromatic nitrogens is 4. The van der Waals surface area contributed by atoms with Crippen LogP contribution in [0.1, 0.15) is 65.8 Å². The van der Waals surface area contributed by atoms with Crippen LogP contribution >= 0.6 is 0 Å². The highest BCUT2D eigenvalue weighted by Gasteiger charge is 2.58. The smallest absolute Gasteiger partial charge is 0.304 e. The number of hydrogen-bond donors (Lipinski definition) is 1. The van der Waals surface area contributed by atoms with Gasteiger partial charge in [0, 0.05) is 30.8 Å². The van der Waals surface area contributed by atoms with E-state index in [1.807, 2.05) is 32.0 Å². The molecule has 1 aliphatic carbocycles. The minimum Gasteiger partial charge on any atom is -0.481 e. The minimum atomic E-state index is -3.96. The van der Waals surface area contributed by atoms with Gasteiger partial charge < -0.3 is 9.84 Å². The molecule has 220 valence electrons. The van der Waals surface area contributed by atoms with Crippen molar-refractivity contribution in [3.05, 3.63) is 82.4 Å². The average molecular weight is 598 g/mol. The summed E-state index contributed by atoms with van der Waals surface area (Å²) >= 11 is 0. The molecule has 4 aromatic rings. The number of carbonyl (C=O) groups is 1. The number of hydrogen-bond acceptors (Lipinski definition) is 7. The number of halogens is 2. The second-order valence-corrected chi connectivity index (χ2v) is 13.0. The number of rotatable bonds is 7. The Morgan fingerprint density at radius 1 is 1.21 bits per heavy atom. The van der Waals surface area contributed by atoms with Crippen LogP contribution in [-0.4, -0.2) is 55.5 Å². The van der Waals surface area contributed by atoms with Crippen molar-refractivity contribution in [2.75, 3.05) is 6.54 Å². The molecule has 0 saturated heterocycles. The summed E-state index contributed by atoms with van der Waals surface area (Å²) in [7, 11) is -3.96. The van der Waals surface area contributed by atoms with Gasteiger partial charge in [0.05, 0.1) is 13.0 Å². The van der Waals surface area contributed by atoms with Crippen LogP contribution in [0.4, 0.5) is 8.78 Å². The Balaban J connectivity index is 1.40. The van der Waals surface area contributed by atoms with Crippen molar-refractivity contribution >= 4 is 21.6 Å². The lowest BCUT2D eigenvalue weighted by Gasteiger charge is -2.25. The van der Waals surface area contributed by atoms with Crippen molar-refractivity contribution in [2.45, 2.75) is 63.0 Å². The highest BCUT2D eigenvalue weighted by molar-refractivity contribution is 7.89. The molecule has 0 bridgehead atoms. The van der Waals surface area contributed by atoms with Gasteiger partial charge in [-0.1, -0.05) is 25.1 Å². The van der Waals surface area contributed by atoms with E-state index in [0.717, 1.165) is 5.56 Å². The van der Waals surface area contributed by atoms with Crippen LogP contribution in [0.2, 0.25) is 0 Å². The molecule has 3 aromatic heterocycles. The van der Waals surface area contributed by atoms with Crippen molar-refractivity contribution in [3.63, 3.8) is 0 Å². The first-order chi connectivity index (χ1) is 19.9. The van der Waals surface area contributed by atoms with Crippen LogP contribution in [0.5, 0.6) is 5.88 Å². The predicted molar refractivity (Wildman–Crippen MR) is 147 cm³/mol. The lowest BCUT2D eigenvalue weighted by molar-refractivity contribution is -0.137. The fourth-order valence-corrected chi connectivity index (χ4v) is 7.39. The zero-order valence-electron chi connectivity index (χ0n) is 23.2. The van der Waals surface area contributed by atoms with Gasteiger partial charge in [-0.05, 0) is 66.3 Å². The van der Waals surface area contributed by atoms with Crippen LogP contribution in [0.15, 0.2) is 53.7 Å². The van der Waals surface area contributed by atoms with E-state index in [1.165, 1.54) is 27.2 Å². The zero-order valence-corrected chi connectivity index (χ0v) is 24.0. The Morgan fingerprint density at radius 2 is 1.98 bits per heavy atom. The maximum Gasteiger partial charge on any atom is 0.304 e. The van der Waals surface area contributed by atoms with E-state index in [9.17, 15) is 27.1 Å². The number of benzene rings is 1. The lowest BCUT2D eigenvalue weighted by atomic mass is 9.85. The summed E-state index contributed by atoms with van der Waals surface area (Å²) in [6.07, 6.45) is 0.543. The van der Waals surface area contributed by atoms with Gasteiger partial charge in [-0.25, -0.2) is 22.2 Å². The molecule has 3 unspecified atom stereocenters. The molecule has 1 saturated carbocycles. The van der Waals surface area contributed by atoms with E-state index in [1.54, 1.807) is 19.1 Å². The van der Waals surface area contributed by atoms with E-state index in [-0.39, 0.29) is 41.9 Å². The van der Waals surface area contributed by atoms with Gasteiger partial charge in [0.2, 0.25) is 21.7 Å². The Morgan fingerprint density at radius 3 is 2.67 bits per heavy atom. The number of aliphatic carboxylic acids is 1. The lowest BCUT2D eigenvalue weighted by Crippen LogP contribution is -2.39. The van der Waals surface area contributed by atoms with E-state index < -0.39 is 39.8 Å². The summed E-state index contributed by atoms with van der Waals surface area (Å²) in [5.74, 6) is -1.93. The summed E-state index contributed by atoms with van der Waals surface area (Å²) in [4.78, 5) is 16.2. The maximum absolute atomic E-state index is 13.8. The molecular formula is C29H29F2N5O5S. The number of nitrogens with zero attached hydrogens (tertiary/aromatic N) is 5. The molecule has 2 aliphatic rings. The first-order valence-corrected chi connectivity index (χ1v) is 14.9. The first kappa shape index (κ1) is 28.2. The molecule has 4 heterocycles. The Bertz CT molecular complexity index is 1830. The van der Waals surface area contributed by atoms with Gasteiger partial charge in [0.15, 0.2) is 5.65 Å². The summed E-state index contributed by atoms with van der Waals surface area (Å²) in [6, 6.07) is 10.2. The minimum absolute atomic E-state index is 0.0129. The van der Waals surface area contributed by atoms with Crippen LogP contribution < -0.4 is 4.74 Å². The largest absolute Gasteiger partial charge is 0.481 e. The van der Waals surface area contributed by atoms with Crippen molar-refractivity contribution in [1.82, 2.24) is 23.9 Å². The average Bonchev–Trinajstić information content (AvgIpc) is 3.36. The van der Waals surface area contributed by atoms with E-state index in [2.05, 4.69) is 15.2 Å². The summed E-state index contributed by atoms with van der Waals surface area (Å²) in [5.41, 5.74) is 2.90. The molecule has 1 aromatic carbocycles. The molecule has 10 nitrogen and oxygen atoms in total. The molecule has 0 amide bonds. The number of alkyl halides is 2. The Labute approximate surface area is 241 Å². The SMILES string of the molecule is Cc1ccc(C(CC(=O)O)c2ccn3c(C(F)F)nnc3c2C)cc1CN1CC2(CC2C)Oc2ncccc2S1(=O)=O. The van der Waals surface area contributed by atoms with Gasteiger partial charge in [0.25, 0.3) is 6.43 Å². The van der Waals surface area contributed by atoms with E-state index in [4.69, 9.17) is 4.74 Å². The molecule has 1 aliphatic heterocycles. The van der Waals surface area contributed by atoms with Gasteiger partial charge in [-0.3, -0.25) is 9.20 Å². The zero-order chi connectivity index (χ0) is 30.0. The maximum atomic E-state index is 13.8. The van der Waals surface area contributed by atoms with Gasteiger partial charge in [-0.15, -0.1) is 10.2 Å². The van der Waals surface area contributed by atoms with Crippen LogP contribution in [0, 0.1) is 19.8 Å². The van der Waals surface area contributed by atoms with Gasteiger partial charge in [-0.2, -0.15) is 4.31 Å². The number of carboxylic acid groups (broad SMARTS) is 1. The number of ether oxygens (including phenoxy) is 1. The second kappa shape index (κ2) is 10.1. The number of carboxylic acids is 1. The second-order valence-electron chi connectivity index (χ2n) is 11.1. The predicted octanol–water partition coefficient (Wildman–Crippen LogP) is 4.65. The molecule has 0 radical (unpaired) electrons. The molecule has 6 rings (SSSR count). The Hall–Kier alpha value is -3.97. The number of sulfonamides is 1. The molecule has 1 spiro atoms. The number of pyridine rings is 2. The molecular weight excluding hydrogens is 568 g/mol. The fourth-order valence-electron chi connectivity index (χ4n) is 5.85. The third-order valence-corrected chi connectivity index (χ3v) is 10.3. The quantitative estimate of drug-likeness (QED) is 0.326. The van der Waals surface area contributed by atoms with Crippen molar-refractivity contribution in [3.8, 4) is 5.88 Å². The summed E-state index contributed by atoms with van der Waals surface area (Å²) < 4.78 is 63.3. The van der Waals surface area contributed by atoms with E-state index >= 15 is 0 Å². The highest BCUT2D eigenvalue weighted by Crippen LogP contribution is 2.50. The van der Waals surface area contributed by atoms with Crippen LogP contribution in [0.3, 0.4) is 0 Å². The fraction of sp³-hybridized carbons (Fsp3) is 0.379. The monoisotopic (exact) mass is 597 g/mol.